The molecule has 0 spiro atoms. The number of fused-ring (bicyclic) bond motifs is 1. The van der Waals surface area contributed by atoms with Crippen LogP contribution in [0.25, 0.3) is 20.7 Å². The molecule has 4 rings (SSSR count). The molecule has 30 heavy (non-hydrogen) atoms. The van der Waals surface area contributed by atoms with Crippen molar-refractivity contribution in [2.45, 2.75) is 13.5 Å². The van der Waals surface area contributed by atoms with Crippen LogP contribution in [0.1, 0.15) is 21.5 Å². The Balaban J connectivity index is 1.65. The zero-order chi connectivity index (χ0) is 21.1. The van der Waals surface area contributed by atoms with E-state index in [1.807, 2.05) is 31.2 Å². The van der Waals surface area contributed by atoms with Crippen LogP contribution in [0.15, 0.2) is 65.1 Å². The van der Waals surface area contributed by atoms with Crippen molar-refractivity contribution in [2.75, 3.05) is 7.11 Å². The molecule has 4 aromatic rings. The highest BCUT2D eigenvalue weighted by Crippen LogP contribution is 2.43. The highest BCUT2D eigenvalue weighted by atomic mass is 32.1. The summed E-state index contributed by atoms with van der Waals surface area (Å²) < 4.78 is 6.37. The molecule has 2 heterocycles. The number of rotatable bonds is 6. The lowest BCUT2D eigenvalue weighted by Crippen LogP contribution is -1.95. The maximum atomic E-state index is 10.9. The molecule has 8 heteroatoms. The molecular weight excluding hydrogens is 400 g/mol. The molecule has 0 atom stereocenters. The van der Waals surface area contributed by atoms with Gasteiger partial charge in [0.2, 0.25) is 0 Å². The molecule has 0 amide bonds. The fraction of sp³-hybridized carbons (Fsp3) is 0.136. The summed E-state index contributed by atoms with van der Waals surface area (Å²) in [7, 11) is 1.66. The second-order valence-electron chi connectivity index (χ2n) is 6.53. The average Bonchev–Trinajstić information content (AvgIpc) is 3.11. The minimum Gasteiger partial charge on any atom is -0.496 e. The van der Waals surface area contributed by atoms with Crippen molar-refractivity contribution in [2.24, 2.45) is 10.2 Å². The Bertz CT molecular complexity index is 1250. The van der Waals surface area contributed by atoms with Crippen LogP contribution in [-0.4, -0.2) is 28.2 Å². The van der Waals surface area contributed by atoms with E-state index in [9.17, 15) is 4.79 Å². The topological polar surface area (TPSA) is 97.0 Å². The van der Waals surface area contributed by atoms with Gasteiger partial charge in [0.05, 0.1) is 24.7 Å². The van der Waals surface area contributed by atoms with Crippen LogP contribution in [0.5, 0.6) is 5.75 Å². The van der Waals surface area contributed by atoms with Gasteiger partial charge >= 0.3 is 5.97 Å². The quantitative estimate of drug-likeness (QED) is 0.408. The first kappa shape index (κ1) is 19.7. The Hall–Kier alpha value is -3.65. The standard InChI is InChI=1S/C22H18N4O3S/c1-13-18-20(30-19(13)16-5-3-4-6-17(16)29-2)21(24-12-23-18)26-25-11-14-7-9-15(10-8-14)22(27)28/h3-10,12H,11H2,1-2H3,(H,27,28). The molecule has 0 fully saturated rings. The molecule has 0 radical (unpaired) electrons. The number of aromatic carboxylic acids is 1. The average molecular weight is 418 g/mol. The van der Waals surface area contributed by atoms with Crippen LogP contribution >= 0.6 is 11.3 Å². The molecule has 0 saturated carbocycles. The first-order chi connectivity index (χ1) is 14.6. The van der Waals surface area contributed by atoms with Crippen LogP contribution in [0.3, 0.4) is 0 Å². The number of thiophene rings is 1. The van der Waals surface area contributed by atoms with E-state index in [2.05, 4.69) is 20.2 Å². The molecule has 1 N–H and O–H groups in total. The van der Waals surface area contributed by atoms with Crippen LogP contribution < -0.4 is 4.74 Å². The van der Waals surface area contributed by atoms with Crippen LogP contribution in [0.2, 0.25) is 0 Å². The summed E-state index contributed by atoms with van der Waals surface area (Å²) in [6.45, 7) is 2.35. The Labute approximate surface area is 176 Å². The van der Waals surface area contributed by atoms with E-state index in [0.717, 1.165) is 37.5 Å². The number of nitrogens with zero attached hydrogens (tertiary/aromatic N) is 4. The molecule has 0 aliphatic carbocycles. The van der Waals surface area contributed by atoms with Gasteiger partial charge in [0, 0.05) is 10.4 Å². The van der Waals surface area contributed by atoms with Crippen molar-refractivity contribution in [1.82, 2.24) is 9.97 Å². The lowest BCUT2D eigenvalue weighted by Gasteiger charge is -2.06. The van der Waals surface area contributed by atoms with Gasteiger partial charge in [-0.25, -0.2) is 14.8 Å². The van der Waals surface area contributed by atoms with E-state index in [1.165, 1.54) is 6.33 Å². The molecule has 0 bridgehead atoms. The van der Waals surface area contributed by atoms with Crippen molar-refractivity contribution in [3.05, 3.63) is 71.5 Å². The third-order valence-corrected chi connectivity index (χ3v) is 5.97. The zero-order valence-electron chi connectivity index (χ0n) is 16.4. The Morgan fingerprint density at radius 2 is 1.90 bits per heavy atom. The molecule has 0 saturated heterocycles. The summed E-state index contributed by atoms with van der Waals surface area (Å²) in [4.78, 5) is 20.7. The van der Waals surface area contributed by atoms with E-state index in [1.54, 1.807) is 42.7 Å². The van der Waals surface area contributed by atoms with Gasteiger partial charge in [-0.15, -0.1) is 16.5 Å². The largest absolute Gasteiger partial charge is 0.496 e. The first-order valence-electron chi connectivity index (χ1n) is 9.15. The van der Waals surface area contributed by atoms with Crippen molar-refractivity contribution in [3.8, 4) is 16.2 Å². The van der Waals surface area contributed by atoms with E-state index in [-0.39, 0.29) is 5.56 Å². The lowest BCUT2D eigenvalue weighted by molar-refractivity contribution is 0.0697. The lowest BCUT2D eigenvalue weighted by atomic mass is 10.1. The molecule has 0 aliphatic rings. The van der Waals surface area contributed by atoms with Crippen LogP contribution in [0.4, 0.5) is 5.82 Å². The number of methoxy groups -OCH3 is 1. The van der Waals surface area contributed by atoms with Crippen molar-refractivity contribution in [1.29, 1.82) is 0 Å². The summed E-state index contributed by atoms with van der Waals surface area (Å²) in [5, 5.41) is 17.5. The first-order valence-corrected chi connectivity index (χ1v) is 9.97. The number of hydrogen-bond donors (Lipinski definition) is 1. The number of carbonyl (C=O) groups is 1. The van der Waals surface area contributed by atoms with Gasteiger partial charge in [-0.3, -0.25) is 0 Å². The second kappa shape index (κ2) is 8.38. The number of aromatic nitrogens is 2. The highest BCUT2D eigenvalue weighted by Gasteiger charge is 2.17. The van der Waals surface area contributed by atoms with E-state index < -0.39 is 5.97 Å². The van der Waals surface area contributed by atoms with Gasteiger partial charge in [0.25, 0.3) is 0 Å². The van der Waals surface area contributed by atoms with Crippen LogP contribution in [-0.2, 0) is 6.54 Å². The summed E-state index contributed by atoms with van der Waals surface area (Å²) in [6.07, 6.45) is 1.49. The number of hydrogen-bond acceptors (Lipinski definition) is 7. The smallest absolute Gasteiger partial charge is 0.335 e. The molecule has 0 aliphatic heterocycles. The van der Waals surface area contributed by atoms with Gasteiger partial charge in [0.1, 0.15) is 16.8 Å². The van der Waals surface area contributed by atoms with Gasteiger partial charge in [-0.1, -0.05) is 24.3 Å². The summed E-state index contributed by atoms with van der Waals surface area (Å²) in [6, 6.07) is 14.4. The zero-order valence-corrected chi connectivity index (χ0v) is 17.2. The van der Waals surface area contributed by atoms with Gasteiger partial charge in [-0.2, -0.15) is 5.11 Å². The molecule has 7 nitrogen and oxygen atoms in total. The maximum Gasteiger partial charge on any atom is 0.335 e. The second-order valence-corrected chi connectivity index (χ2v) is 7.55. The predicted octanol–water partition coefficient (Wildman–Crippen LogP) is 5.66. The van der Waals surface area contributed by atoms with Gasteiger partial charge < -0.3 is 9.84 Å². The van der Waals surface area contributed by atoms with Crippen molar-refractivity contribution in [3.63, 3.8) is 0 Å². The number of aryl methyl sites for hydroxylation is 1. The third-order valence-electron chi connectivity index (χ3n) is 4.66. The van der Waals surface area contributed by atoms with E-state index >= 15 is 0 Å². The SMILES string of the molecule is COc1ccccc1-c1sc2c(N=NCc3ccc(C(=O)O)cc3)ncnc2c1C. The van der Waals surface area contributed by atoms with Gasteiger partial charge in [-0.05, 0) is 42.3 Å². The monoisotopic (exact) mass is 418 g/mol. The van der Waals surface area contributed by atoms with Crippen molar-refractivity contribution < 1.29 is 14.6 Å². The van der Waals surface area contributed by atoms with Gasteiger partial charge in [0.15, 0.2) is 5.82 Å². The Kier molecular flexibility index (Phi) is 5.49. The number of para-hydroxylation sites is 1. The number of carboxylic acids is 1. The molecular formula is C22H18N4O3S. The predicted molar refractivity (Wildman–Crippen MR) is 116 cm³/mol. The minimum absolute atomic E-state index is 0.242. The third kappa shape index (κ3) is 3.77. The number of azo groups is 1. The van der Waals surface area contributed by atoms with E-state index in [4.69, 9.17) is 9.84 Å². The number of benzene rings is 2. The molecule has 150 valence electrons. The number of ether oxygens (including phenoxy) is 1. The normalized spacial score (nSPS) is 11.3. The fourth-order valence-corrected chi connectivity index (χ4v) is 4.33. The Morgan fingerprint density at radius 1 is 1.13 bits per heavy atom. The minimum atomic E-state index is -0.953. The van der Waals surface area contributed by atoms with Crippen molar-refractivity contribution >= 4 is 33.3 Å². The summed E-state index contributed by atoms with van der Waals surface area (Å²) >= 11 is 1.56. The Morgan fingerprint density at radius 3 is 2.63 bits per heavy atom. The maximum absolute atomic E-state index is 10.9. The van der Waals surface area contributed by atoms with Crippen LogP contribution in [0, 0.1) is 6.92 Å². The summed E-state index contributed by atoms with van der Waals surface area (Å²) in [5.41, 5.74) is 4.00. The number of carboxylic acid groups (broad SMARTS) is 1. The molecule has 2 aromatic carbocycles. The summed E-state index contributed by atoms with van der Waals surface area (Å²) in [5.74, 6) is 0.356. The molecule has 0 unspecified atom stereocenters. The fourth-order valence-electron chi connectivity index (χ4n) is 3.11. The van der Waals surface area contributed by atoms with E-state index in [0.29, 0.717) is 12.4 Å². The highest BCUT2D eigenvalue weighted by molar-refractivity contribution is 7.23. The molecule has 2 aromatic heterocycles.